The number of halogens is 4. The van der Waals surface area contributed by atoms with E-state index in [1.807, 2.05) is 0 Å². The molecule has 0 radical (unpaired) electrons. The Morgan fingerprint density at radius 3 is 2.67 bits per heavy atom. The molecule has 0 N–H and O–H groups in total. The first-order valence-electron chi connectivity index (χ1n) is 2.86. The van der Waals surface area contributed by atoms with E-state index >= 15 is 0 Å². The Morgan fingerprint density at radius 2 is 2.08 bits per heavy atom. The molecule has 1 aromatic rings. The summed E-state index contributed by atoms with van der Waals surface area (Å²) >= 11 is 1.72. The second kappa shape index (κ2) is 3.92. The Hall–Kier alpha value is -0.530. The summed E-state index contributed by atoms with van der Waals surface area (Å²) < 4.78 is 39.9. The van der Waals surface area contributed by atoms with Crippen LogP contribution in [0, 0.1) is 9.52 Å². The van der Waals surface area contributed by atoms with Crippen LogP contribution >= 0.6 is 22.6 Å². The molecule has 66 valence electrons. The molecule has 0 bridgehead atoms. The average Bonchev–Trinajstić information content (AvgIpc) is 1.96. The fraction of sp³-hybridized carbons (Fsp3) is 0.167. The molecule has 0 fully saturated rings. The summed E-state index contributed by atoms with van der Waals surface area (Å²) in [4.78, 5) is 3.14. The highest BCUT2D eigenvalue weighted by Crippen LogP contribution is 2.19. The maximum atomic E-state index is 12.4. The van der Waals surface area contributed by atoms with Crippen LogP contribution in [0.15, 0.2) is 12.1 Å². The molecule has 0 spiro atoms. The summed E-state index contributed by atoms with van der Waals surface area (Å²) in [5.74, 6) is -1.23. The predicted molar refractivity (Wildman–Crippen MR) is 43.5 cm³/mol. The molecule has 1 heterocycles. The Balaban J connectivity index is 2.90. The quantitative estimate of drug-likeness (QED) is 0.616. The molecule has 12 heavy (non-hydrogen) atoms. The molecule has 0 atom stereocenters. The van der Waals surface area contributed by atoms with Gasteiger partial charge in [0.2, 0.25) is 11.8 Å². The van der Waals surface area contributed by atoms with Gasteiger partial charge >= 0.3 is 6.61 Å². The van der Waals surface area contributed by atoms with E-state index in [1.54, 1.807) is 22.6 Å². The highest BCUT2D eigenvalue weighted by molar-refractivity contribution is 14.1. The maximum Gasteiger partial charge on any atom is 0.388 e. The van der Waals surface area contributed by atoms with Crippen LogP contribution in [0.4, 0.5) is 13.2 Å². The van der Waals surface area contributed by atoms with E-state index in [0.717, 1.165) is 6.07 Å². The molecular formula is C6H3F3INO. The fourth-order valence-corrected chi connectivity index (χ4v) is 0.995. The minimum absolute atomic E-state index is 0.342. The molecule has 2 nitrogen and oxygen atoms in total. The van der Waals surface area contributed by atoms with E-state index in [4.69, 9.17) is 0 Å². The molecule has 0 amide bonds. The molecule has 0 saturated heterocycles. The zero-order valence-electron chi connectivity index (χ0n) is 5.60. The van der Waals surface area contributed by atoms with Crippen molar-refractivity contribution in [2.24, 2.45) is 0 Å². The van der Waals surface area contributed by atoms with E-state index in [2.05, 4.69) is 9.72 Å². The van der Waals surface area contributed by atoms with Crippen LogP contribution in [0.1, 0.15) is 0 Å². The first-order valence-corrected chi connectivity index (χ1v) is 3.94. The number of alkyl halides is 2. The maximum absolute atomic E-state index is 12.4. The molecule has 0 aliphatic rings. The first kappa shape index (κ1) is 9.56. The van der Waals surface area contributed by atoms with Crippen molar-refractivity contribution in [2.45, 2.75) is 6.61 Å². The van der Waals surface area contributed by atoms with Crippen LogP contribution in [0.3, 0.4) is 0 Å². The van der Waals surface area contributed by atoms with Crippen molar-refractivity contribution < 1.29 is 17.9 Å². The summed E-state index contributed by atoms with van der Waals surface area (Å²) in [6, 6.07) is 2.38. The van der Waals surface area contributed by atoms with Gasteiger partial charge in [-0.25, -0.2) is 0 Å². The molecule has 1 rings (SSSR count). The number of rotatable bonds is 2. The first-order chi connectivity index (χ1) is 5.59. The van der Waals surface area contributed by atoms with Crippen molar-refractivity contribution in [1.29, 1.82) is 0 Å². The highest BCUT2D eigenvalue weighted by atomic mass is 127. The normalized spacial score (nSPS) is 10.4. The number of ether oxygens (including phenoxy) is 1. The van der Waals surface area contributed by atoms with Crippen molar-refractivity contribution in [2.75, 3.05) is 0 Å². The van der Waals surface area contributed by atoms with Crippen molar-refractivity contribution in [3.05, 3.63) is 21.7 Å². The summed E-state index contributed by atoms with van der Waals surface area (Å²) in [5, 5.41) is 0. The Labute approximate surface area is 79.9 Å². The number of hydrogen-bond acceptors (Lipinski definition) is 2. The van der Waals surface area contributed by atoms with Gasteiger partial charge < -0.3 is 4.74 Å². The molecule has 0 aromatic carbocycles. The average molecular weight is 289 g/mol. The lowest BCUT2D eigenvalue weighted by atomic mass is 10.5. The third-order valence-electron chi connectivity index (χ3n) is 0.981. The SMILES string of the molecule is Fc1ccc(I)c(OC(F)F)n1. The van der Waals surface area contributed by atoms with Gasteiger partial charge in [0.25, 0.3) is 0 Å². The lowest BCUT2D eigenvalue weighted by molar-refractivity contribution is -0.0538. The van der Waals surface area contributed by atoms with Gasteiger partial charge in [0.15, 0.2) is 0 Å². The summed E-state index contributed by atoms with van der Waals surface area (Å²) in [5.41, 5.74) is 0. The van der Waals surface area contributed by atoms with Crippen molar-refractivity contribution in [3.63, 3.8) is 0 Å². The monoisotopic (exact) mass is 289 g/mol. The third kappa shape index (κ3) is 2.50. The van der Waals surface area contributed by atoms with Crippen LogP contribution in [-0.2, 0) is 0 Å². The largest absolute Gasteiger partial charge is 0.416 e. The minimum Gasteiger partial charge on any atom is -0.416 e. The van der Waals surface area contributed by atoms with Gasteiger partial charge in [0.05, 0.1) is 3.57 Å². The lowest BCUT2D eigenvalue weighted by Gasteiger charge is -2.04. The zero-order chi connectivity index (χ0) is 9.14. The standard InChI is InChI=1S/C6H3F3INO/c7-4-2-1-3(10)5(11-4)12-6(8)9/h1-2,6H. The molecule has 1 aromatic heterocycles. The fourth-order valence-electron chi connectivity index (χ4n) is 0.568. The van der Waals surface area contributed by atoms with Gasteiger partial charge in [-0.05, 0) is 34.7 Å². The molecule has 0 unspecified atom stereocenters. The minimum atomic E-state index is -2.98. The molecule has 0 aliphatic heterocycles. The van der Waals surface area contributed by atoms with E-state index in [0.29, 0.717) is 3.57 Å². The van der Waals surface area contributed by atoms with Crippen molar-refractivity contribution in [1.82, 2.24) is 4.98 Å². The van der Waals surface area contributed by atoms with Gasteiger partial charge in [-0.15, -0.1) is 0 Å². The van der Waals surface area contributed by atoms with E-state index in [9.17, 15) is 13.2 Å². The Bertz CT molecular complexity index is 281. The summed E-state index contributed by atoms with van der Waals surface area (Å²) in [6.45, 7) is -2.98. The van der Waals surface area contributed by atoms with E-state index < -0.39 is 12.6 Å². The number of pyridine rings is 1. The smallest absolute Gasteiger partial charge is 0.388 e. The number of aromatic nitrogens is 1. The van der Waals surface area contributed by atoms with Gasteiger partial charge in [0.1, 0.15) is 0 Å². The van der Waals surface area contributed by atoms with Gasteiger partial charge in [-0.3, -0.25) is 0 Å². The van der Waals surface area contributed by atoms with Crippen molar-refractivity contribution in [3.8, 4) is 5.88 Å². The lowest BCUT2D eigenvalue weighted by Crippen LogP contribution is -2.05. The second-order valence-corrected chi connectivity index (χ2v) is 2.96. The van der Waals surface area contributed by atoms with E-state index in [1.165, 1.54) is 6.07 Å². The summed E-state index contributed by atoms with van der Waals surface area (Å²) in [6.07, 6.45) is 0. The van der Waals surface area contributed by atoms with Crippen LogP contribution < -0.4 is 4.74 Å². The zero-order valence-corrected chi connectivity index (χ0v) is 7.76. The Morgan fingerprint density at radius 1 is 1.42 bits per heavy atom. The molecule has 6 heteroatoms. The van der Waals surface area contributed by atoms with E-state index in [-0.39, 0.29) is 5.88 Å². The molecular weight excluding hydrogens is 286 g/mol. The van der Waals surface area contributed by atoms with Gasteiger partial charge in [-0.1, -0.05) is 0 Å². The Kier molecular flexibility index (Phi) is 3.12. The number of nitrogens with zero attached hydrogens (tertiary/aromatic N) is 1. The van der Waals surface area contributed by atoms with Gasteiger partial charge in [-0.2, -0.15) is 18.2 Å². The molecule has 0 aliphatic carbocycles. The predicted octanol–water partition coefficient (Wildman–Crippen LogP) is 2.43. The summed E-state index contributed by atoms with van der Waals surface area (Å²) in [7, 11) is 0. The highest BCUT2D eigenvalue weighted by Gasteiger charge is 2.10. The third-order valence-corrected chi connectivity index (χ3v) is 1.80. The van der Waals surface area contributed by atoms with Crippen LogP contribution in [0.2, 0.25) is 0 Å². The second-order valence-electron chi connectivity index (χ2n) is 1.80. The van der Waals surface area contributed by atoms with Gasteiger partial charge in [0, 0.05) is 0 Å². The topological polar surface area (TPSA) is 22.1 Å². The number of hydrogen-bond donors (Lipinski definition) is 0. The van der Waals surface area contributed by atoms with Crippen LogP contribution in [0.5, 0.6) is 5.88 Å². The van der Waals surface area contributed by atoms with Crippen molar-refractivity contribution >= 4 is 22.6 Å². The van der Waals surface area contributed by atoms with Crippen LogP contribution in [-0.4, -0.2) is 11.6 Å². The van der Waals surface area contributed by atoms with Crippen LogP contribution in [0.25, 0.3) is 0 Å². The molecule has 0 saturated carbocycles.